The highest BCUT2D eigenvalue weighted by atomic mass is 14.3. The second kappa shape index (κ2) is 5.14. The number of allylic oxidation sites excluding steroid dienone is 3. The van der Waals surface area contributed by atoms with E-state index in [-0.39, 0.29) is 10.8 Å². The van der Waals surface area contributed by atoms with Crippen molar-refractivity contribution >= 4 is 0 Å². The highest BCUT2D eigenvalue weighted by molar-refractivity contribution is 5.41. The molecule has 0 aromatic heterocycles. The van der Waals surface area contributed by atoms with Crippen LogP contribution in [0.1, 0.15) is 52.7 Å². The van der Waals surface area contributed by atoms with Crippen molar-refractivity contribution < 1.29 is 0 Å². The largest absolute Gasteiger partial charge is 0.0988 e. The van der Waals surface area contributed by atoms with Crippen LogP contribution >= 0.6 is 0 Å². The van der Waals surface area contributed by atoms with E-state index in [4.69, 9.17) is 0 Å². The molecule has 0 bridgehead atoms. The molecule has 1 rings (SSSR count). The predicted molar refractivity (Wildman–Crippen MR) is 82.1 cm³/mol. The number of rotatable bonds is 3. The summed E-state index contributed by atoms with van der Waals surface area (Å²) in [7, 11) is 0. The van der Waals surface area contributed by atoms with Crippen LogP contribution in [0.2, 0.25) is 0 Å². The fourth-order valence-corrected chi connectivity index (χ4v) is 2.29. The Balaban J connectivity index is 3.16. The van der Waals surface area contributed by atoms with Gasteiger partial charge in [0.15, 0.2) is 0 Å². The van der Waals surface area contributed by atoms with Crippen LogP contribution in [-0.4, -0.2) is 0 Å². The average molecular weight is 242 g/mol. The molecule has 0 saturated carbocycles. The third kappa shape index (κ3) is 2.93. The average Bonchev–Trinajstić information content (AvgIpc) is 2.29. The number of hydrogen-bond acceptors (Lipinski definition) is 0. The Hall–Kier alpha value is -1.30. The van der Waals surface area contributed by atoms with Crippen molar-refractivity contribution in [1.29, 1.82) is 0 Å². The Morgan fingerprint density at radius 2 is 1.39 bits per heavy atom. The molecule has 0 amide bonds. The molecule has 0 saturated heterocycles. The van der Waals surface area contributed by atoms with Crippen molar-refractivity contribution in [2.45, 2.75) is 52.4 Å². The van der Waals surface area contributed by atoms with Crippen LogP contribution in [0, 0.1) is 0 Å². The van der Waals surface area contributed by atoms with Crippen molar-refractivity contribution in [2.75, 3.05) is 0 Å². The normalized spacial score (nSPS) is 13.6. The molecule has 0 N–H and O–H groups in total. The third-order valence-electron chi connectivity index (χ3n) is 3.73. The zero-order valence-corrected chi connectivity index (χ0v) is 12.7. The Labute approximate surface area is 112 Å². The lowest BCUT2D eigenvalue weighted by molar-refractivity contribution is 0.587. The first-order valence-electron chi connectivity index (χ1n) is 6.63. The molecule has 0 radical (unpaired) electrons. The van der Waals surface area contributed by atoms with E-state index in [1.165, 1.54) is 16.7 Å². The number of benzene rings is 1. The molecule has 0 aliphatic rings. The maximum absolute atomic E-state index is 3.91. The van der Waals surface area contributed by atoms with E-state index in [0.29, 0.717) is 0 Å². The fraction of sp³-hybridized carbons (Fsp3) is 0.444. The summed E-state index contributed by atoms with van der Waals surface area (Å²) in [5.41, 5.74) is 4.22. The first-order valence-corrected chi connectivity index (χ1v) is 6.63. The summed E-state index contributed by atoms with van der Waals surface area (Å²) in [5.74, 6) is 0. The van der Waals surface area contributed by atoms with Crippen molar-refractivity contribution in [2.24, 2.45) is 0 Å². The van der Waals surface area contributed by atoms with Gasteiger partial charge in [0.1, 0.15) is 0 Å². The monoisotopic (exact) mass is 242 g/mol. The fourth-order valence-electron chi connectivity index (χ4n) is 2.29. The quantitative estimate of drug-likeness (QED) is 0.623. The molecule has 98 valence electrons. The Kier molecular flexibility index (Phi) is 4.21. The highest BCUT2D eigenvalue weighted by Gasteiger charge is 2.23. The van der Waals surface area contributed by atoms with E-state index in [2.05, 4.69) is 78.5 Å². The van der Waals surface area contributed by atoms with Crippen molar-refractivity contribution in [3.05, 3.63) is 59.7 Å². The Bertz CT molecular complexity index is 436. The van der Waals surface area contributed by atoms with E-state index in [1.807, 2.05) is 6.08 Å². The summed E-state index contributed by atoms with van der Waals surface area (Å²) < 4.78 is 0. The maximum atomic E-state index is 3.91. The molecule has 0 heterocycles. The zero-order valence-electron chi connectivity index (χ0n) is 12.7. The van der Waals surface area contributed by atoms with Gasteiger partial charge in [0.05, 0.1) is 0 Å². The Morgan fingerprint density at radius 1 is 0.944 bits per heavy atom. The van der Waals surface area contributed by atoms with Crippen molar-refractivity contribution in [3.8, 4) is 0 Å². The van der Waals surface area contributed by atoms with Gasteiger partial charge in [-0.1, -0.05) is 77.6 Å². The van der Waals surface area contributed by atoms with E-state index in [9.17, 15) is 0 Å². The molecule has 0 spiro atoms. The van der Waals surface area contributed by atoms with Gasteiger partial charge in [-0.15, -0.1) is 0 Å². The molecule has 0 fully saturated rings. The van der Waals surface area contributed by atoms with Gasteiger partial charge in [-0.05, 0) is 29.0 Å². The van der Waals surface area contributed by atoms with Gasteiger partial charge in [-0.2, -0.15) is 0 Å². The van der Waals surface area contributed by atoms with Crippen LogP contribution in [0.3, 0.4) is 0 Å². The molecule has 0 atom stereocenters. The molecule has 0 heteroatoms. The minimum atomic E-state index is 0.0207. The second-order valence-corrected chi connectivity index (χ2v) is 6.40. The van der Waals surface area contributed by atoms with Crippen molar-refractivity contribution in [1.82, 2.24) is 0 Å². The van der Waals surface area contributed by atoms with Crippen LogP contribution in [0.15, 0.2) is 48.6 Å². The molecule has 18 heavy (non-hydrogen) atoms. The lowest BCUT2D eigenvalue weighted by Gasteiger charge is -2.28. The lowest BCUT2D eigenvalue weighted by atomic mass is 9.76. The number of hydrogen-bond donors (Lipinski definition) is 0. The van der Waals surface area contributed by atoms with Crippen LogP contribution in [0.25, 0.3) is 0 Å². The Morgan fingerprint density at radius 3 is 1.72 bits per heavy atom. The van der Waals surface area contributed by atoms with Crippen LogP contribution in [0.4, 0.5) is 0 Å². The van der Waals surface area contributed by atoms with E-state index < -0.39 is 0 Å². The van der Waals surface area contributed by atoms with Gasteiger partial charge in [0, 0.05) is 5.41 Å². The van der Waals surface area contributed by atoms with Crippen LogP contribution in [-0.2, 0) is 10.8 Å². The summed E-state index contributed by atoms with van der Waals surface area (Å²) in [6.07, 6.45) is 4.10. The molecule has 0 aliphatic carbocycles. The smallest absolute Gasteiger partial charge is 0.0143 e. The highest BCUT2D eigenvalue weighted by Crippen LogP contribution is 2.33. The summed E-state index contributed by atoms with van der Waals surface area (Å²) in [4.78, 5) is 0. The lowest BCUT2D eigenvalue weighted by Crippen LogP contribution is -2.20. The third-order valence-corrected chi connectivity index (χ3v) is 3.73. The van der Waals surface area contributed by atoms with Gasteiger partial charge in [0.2, 0.25) is 0 Å². The standard InChI is InChI=1S/C18H26/c1-8-14(9-2)18(6,7)16-12-10-15(11-13-16)17(3,4)5/h8-13H,1H2,2-7H3/b14-9+. The minimum absolute atomic E-state index is 0.0207. The molecule has 1 aromatic rings. The topological polar surface area (TPSA) is 0 Å². The summed E-state index contributed by atoms with van der Waals surface area (Å²) in [6.45, 7) is 17.2. The van der Waals surface area contributed by atoms with Gasteiger partial charge in [-0.3, -0.25) is 0 Å². The molecule has 0 unspecified atom stereocenters. The zero-order chi connectivity index (χ0) is 14.0. The molecule has 0 aliphatic heterocycles. The van der Waals surface area contributed by atoms with Crippen LogP contribution in [0.5, 0.6) is 0 Å². The van der Waals surface area contributed by atoms with Gasteiger partial charge in [-0.25, -0.2) is 0 Å². The van der Waals surface area contributed by atoms with E-state index >= 15 is 0 Å². The maximum Gasteiger partial charge on any atom is 0.0143 e. The van der Waals surface area contributed by atoms with E-state index in [1.54, 1.807) is 0 Å². The van der Waals surface area contributed by atoms with Crippen molar-refractivity contribution in [3.63, 3.8) is 0 Å². The predicted octanol–water partition coefficient (Wildman–Crippen LogP) is 5.39. The van der Waals surface area contributed by atoms with E-state index in [0.717, 1.165) is 0 Å². The SMILES string of the molecule is C=C/C(=C\C)C(C)(C)c1ccc(C(C)(C)C)cc1. The molecule has 1 aromatic carbocycles. The summed E-state index contributed by atoms with van der Waals surface area (Å²) in [6, 6.07) is 8.97. The van der Waals surface area contributed by atoms with Gasteiger partial charge in [0.25, 0.3) is 0 Å². The first-order chi connectivity index (χ1) is 8.23. The molecule has 0 nitrogen and oxygen atoms in total. The van der Waals surface area contributed by atoms with Crippen LogP contribution < -0.4 is 0 Å². The summed E-state index contributed by atoms with van der Waals surface area (Å²) in [5, 5.41) is 0. The summed E-state index contributed by atoms with van der Waals surface area (Å²) >= 11 is 0. The first kappa shape index (κ1) is 14.8. The van der Waals surface area contributed by atoms with Gasteiger partial charge < -0.3 is 0 Å². The second-order valence-electron chi connectivity index (χ2n) is 6.40. The molecular weight excluding hydrogens is 216 g/mol. The minimum Gasteiger partial charge on any atom is -0.0988 e. The molecular formula is C18H26. The van der Waals surface area contributed by atoms with Gasteiger partial charge >= 0.3 is 0 Å².